The van der Waals surface area contributed by atoms with Crippen LogP contribution in [0.25, 0.3) is 11.0 Å². The van der Waals surface area contributed by atoms with Crippen LogP contribution in [0.4, 0.5) is 0 Å². The SMILES string of the molecule is CC(C)c1cccc(OCC(=O)N2CCCC2c2nc3ccccc3[nH]2)c1. The van der Waals surface area contributed by atoms with Crippen molar-refractivity contribution < 1.29 is 9.53 Å². The number of imidazole rings is 1. The number of aromatic nitrogens is 2. The maximum Gasteiger partial charge on any atom is 0.261 e. The van der Waals surface area contributed by atoms with Gasteiger partial charge in [0, 0.05) is 6.54 Å². The smallest absolute Gasteiger partial charge is 0.261 e. The second-order valence-electron chi connectivity index (χ2n) is 7.40. The Bertz CT molecular complexity index is 914. The number of benzene rings is 2. The van der Waals surface area contributed by atoms with E-state index in [-0.39, 0.29) is 18.6 Å². The fourth-order valence-corrected chi connectivity index (χ4v) is 3.67. The van der Waals surface area contributed by atoms with Gasteiger partial charge in [0.05, 0.1) is 17.1 Å². The predicted octanol–water partition coefficient (Wildman–Crippen LogP) is 4.43. The second kappa shape index (κ2) is 7.43. The molecule has 5 nitrogen and oxygen atoms in total. The van der Waals surface area contributed by atoms with Crippen LogP contribution in [-0.2, 0) is 4.79 Å². The first kappa shape index (κ1) is 17.6. The summed E-state index contributed by atoms with van der Waals surface area (Å²) in [6, 6.07) is 15.9. The molecule has 0 aliphatic carbocycles. The number of carbonyl (C=O) groups excluding carboxylic acids is 1. The number of hydrogen-bond donors (Lipinski definition) is 1. The molecule has 1 atom stereocenters. The van der Waals surface area contributed by atoms with Gasteiger partial charge in [0.15, 0.2) is 6.61 Å². The van der Waals surface area contributed by atoms with E-state index in [1.807, 2.05) is 47.4 Å². The fourth-order valence-electron chi connectivity index (χ4n) is 3.67. The van der Waals surface area contributed by atoms with Gasteiger partial charge in [-0.2, -0.15) is 0 Å². The quantitative estimate of drug-likeness (QED) is 0.729. The standard InChI is InChI=1S/C22H25N3O2/c1-15(2)16-7-5-8-17(13-16)27-14-21(26)25-12-6-11-20(25)22-23-18-9-3-4-10-19(18)24-22/h3-5,7-10,13,15,20H,6,11-12,14H2,1-2H3,(H,23,24). The van der Waals surface area contributed by atoms with Crippen molar-refractivity contribution in [2.24, 2.45) is 0 Å². The number of likely N-dealkylation sites (tertiary alicyclic amines) is 1. The molecule has 1 aliphatic rings. The minimum absolute atomic E-state index is 0.00417. The van der Waals surface area contributed by atoms with Crippen LogP contribution >= 0.6 is 0 Å². The number of fused-ring (bicyclic) bond motifs is 1. The van der Waals surface area contributed by atoms with Crippen molar-refractivity contribution in [2.75, 3.05) is 13.2 Å². The average molecular weight is 363 g/mol. The van der Waals surface area contributed by atoms with Crippen LogP contribution in [0.3, 0.4) is 0 Å². The Hall–Kier alpha value is -2.82. The number of para-hydroxylation sites is 2. The molecule has 3 aromatic rings. The van der Waals surface area contributed by atoms with Gasteiger partial charge in [0.2, 0.25) is 0 Å². The summed E-state index contributed by atoms with van der Waals surface area (Å²) < 4.78 is 5.79. The third-order valence-corrected chi connectivity index (χ3v) is 5.18. The van der Waals surface area contributed by atoms with E-state index in [4.69, 9.17) is 4.74 Å². The maximum atomic E-state index is 12.8. The van der Waals surface area contributed by atoms with Crippen molar-refractivity contribution in [1.29, 1.82) is 0 Å². The first-order valence-electron chi connectivity index (χ1n) is 9.58. The highest BCUT2D eigenvalue weighted by Gasteiger charge is 2.32. The largest absolute Gasteiger partial charge is 0.484 e. The molecule has 140 valence electrons. The molecular formula is C22H25N3O2. The zero-order valence-corrected chi connectivity index (χ0v) is 15.8. The maximum absolute atomic E-state index is 12.8. The molecule has 5 heteroatoms. The Morgan fingerprint density at radius 2 is 2.11 bits per heavy atom. The lowest BCUT2D eigenvalue weighted by atomic mass is 10.0. The number of rotatable bonds is 5. The zero-order valence-electron chi connectivity index (χ0n) is 15.8. The molecule has 0 radical (unpaired) electrons. The van der Waals surface area contributed by atoms with E-state index in [1.165, 1.54) is 5.56 Å². The summed E-state index contributed by atoms with van der Waals surface area (Å²) in [4.78, 5) is 22.7. The van der Waals surface area contributed by atoms with Gasteiger partial charge in [0.25, 0.3) is 5.91 Å². The number of amides is 1. The van der Waals surface area contributed by atoms with Crippen LogP contribution in [0.1, 0.15) is 50.0 Å². The molecule has 1 saturated heterocycles. The molecule has 27 heavy (non-hydrogen) atoms. The van der Waals surface area contributed by atoms with Gasteiger partial charge in [-0.25, -0.2) is 4.98 Å². The van der Waals surface area contributed by atoms with Crippen LogP contribution in [0.15, 0.2) is 48.5 Å². The Kier molecular flexibility index (Phi) is 4.84. The number of nitrogens with zero attached hydrogens (tertiary/aromatic N) is 2. The molecule has 0 spiro atoms. The number of aromatic amines is 1. The molecule has 4 rings (SSSR count). The van der Waals surface area contributed by atoms with Crippen LogP contribution in [-0.4, -0.2) is 33.9 Å². The second-order valence-corrected chi connectivity index (χ2v) is 7.40. The van der Waals surface area contributed by atoms with Gasteiger partial charge in [-0.05, 0) is 48.6 Å². The summed E-state index contributed by atoms with van der Waals surface area (Å²) in [5, 5.41) is 0. The van der Waals surface area contributed by atoms with E-state index in [9.17, 15) is 4.79 Å². The van der Waals surface area contributed by atoms with Gasteiger partial charge < -0.3 is 14.6 Å². The average Bonchev–Trinajstić information content (AvgIpc) is 3.32. The molecule has 2 heterocycles. The Balaban J connectivity index is 1.45. The Morgan fingerprint density at radius 1 is 1.26 bits per heavy atom. The molecule has 1 aliphatic heterocycles. The zero-order chi connectivity index (χ0) is 18.8. The first-order chi connectivity index (χ1) is 13.1. The minimum atomic E-state index is -0.00417. The van der Waals surface area contributed by atoms with E-state index < -0.39 is 0 Å². The third kappa shape index (κ3) is 3.68. The van der Waals surface area contributed by atoms with Crippen LogP contribution in [0.2, 0.25) is 0 Å². The molecule has 0 bridgehead atoms. The molecule has 1 unspecified atom stereocenters. The molecule has 1 N–H and O–H groups in total. The van der Waals surface area contributed by atoms with Gasteiger partial charge in [0.1, 0.15) is 11.6 Å². The molecule has 0 saturated carbocycles. The Morgan fingerprint density at radius 3 is 2.93 bits per heavy atom. The van der Waals surface area contributed by atoms with Crippen LogP contribution in [0.5, 0.6) is 5.75 Å². The predicted molar refractivity (Wildman–Crippen MR) is 106 cm³/mol. The van der Waals surface area contributed by atoms with E-state index in [1.54, 1.807) is 0 Å². The highest BCUT2D eigenvalue weighted by molar-refractivity contribution is 5.79. The van der Waals surface area contributed by atoms with Crippen LogP contribution in [0, 0.1) is 0 Å². The molecular weight excluding hydrogens is 338 g/mol. The lowest BCUT2D eigenvalue weighted by molar-refractivity contribution is -0.134. The number of carbonyl (C=O) groups is 1. The lowest BCUT2D eigenvalue weighted by Crippen LogP contribution is -2.34. The van der Waals surface area contributed by atoms with E-state index >= 15 is 0 Å². The number of ether oxygens (including phenoxy) is 1. The van der Waals surface area contributed by atoms with Gasteiger partial charge in [-0.15, -0.1) is 0 Å². The van der Waals surface area contributed by atoms with Crippen molar-refractivity contribution >= 4 is 16.9 Å². The summed E-state index contributed by atoms with van der Waals surface area (Å²) in [6.45, 7) is 5.09. The minimum Gasteiger partial charge on any atom is -0.484 e. The first-order valence-corrected chi connectivity index (χ1v) is 9.58. The monoisotopic (exact) mass is 363 g/mol. The fraction of sp³-hybridized carbons (Fsp3) is 0.364. The summed E-state index contributed by atoms with van der Waals surface area (Å²) in [5.41, 5.74) is 3.16. The topological polar surface area (TPSA) is 58.2 Å². The van der Waals surface area contributed by atoms with E-state index in [2.05, 4.69) is 29.9 Å². The Labute approximate surface area is 159 Å². The molecule has 1 fully saturated rings. The molecule has 2 aromatic carbocycles. The number of nitrogens with one attached hydrogen (secondary N) is 1. The summed E-state index contributed by atoms with van der Waals surface area (Å²) in [7, 11) is 0. The summed E-state index contributed by atoms with van der Waals surface area (Å²) in [6.07, 6.45) is 1.91. The molecule has 1 amide bonds. The van der Waals surface area contributed by atoms with Crippen molar-refractivity contribution in [3.05, 3.63) is 59.9 Å². The van der Waals surface area contributed by atoms with E-state index in [0.29, 0.717) is 5.92 Å². The lowest BCUT2D eigenvalue weighted by Gasteiger charge is -2.23. The van der Waals surface area contributed by atoms with Gasteiger partial charge in [-0.3, -0.25) is 4.79 Å². The summed E-state index contributed by atoms with van der Waals surface area (Å²) >= 11 is 0. The van der Waals surface area contributed by atoms with Crippen LogP contribution < -0.4 is 4.74 Å². The third-order valence-electron chi connectivity index (χ3n) is 5.18. The highest BCUT2D eigenvalue weighted by atomic mass is 16.5. The number of H-pyrrole nitrogens is 1. The van der Waals surface area contributed by atoms with Gasteiger partial charge >= 0.3 is 0 Å². The van der Waals surface area contributed by atoms with Gasteiger partial charge in [-0.1, -0.05) is 38.1 Å². The summed E-state index contributed by atoms with van der Waals surface area (Å²) in [5.74, 6) is 2.05. The van der Waals surface area contributed by atoms with Crippen molar-refractivity contribution in [3.63, 3.8) is 0 Å². The van der Waals surface area contributed by atoms with Crippen molar-refractivity contribution in [3.8, 4) is 5.75 Å². The van der Waals surface area contributed by atoms with Crippen molar-refractivity contribution in [1.82, 2.24) is 14.9 Å². The van der Waals surface area contributed by atoms with E-state index in [0.717, 1.165) is 42.0 Å². The highest BCUT2D eigenvalue weighted by Crippen LogP contribution is 2.31. The van der Waals surface area contributed by atoms with Crippen molar-refractivity contribution in [2.45, 2.75) is 38.6 Å². The molecule has 1 aromatic heterocycles. The normalized spacial score (nSPS) is 17.0. The number of hydrogen-bond acceptors (Lipinski definition) is 3.